The topological polar surface area (TPSA) is 63.1 Å². The number of thiazole rings is 1. The molecule has 6 nitrogen and oxygen atoms in total. The van der Waals surface area contributed by atoms with Gasteiger partial charge in [0.25, 0.3) is 5.56 Å². The monoisotopic (exact) mass is 361 g/mol. The van der Waals surface area contributed by atoms with Gasteiger partial charge in [-0.25, -0.2) is 9.67 Å². The van der Waals surface area contributed by atoms with Crippen molar-refractivity contribution >= 4 is 16.5 Å². The zero-order valence-electron chi connectivity index (χ0n) is 15.3. The minimum atomic E-state index is -0.0222. The lowest BCUT2D eigenvalue weighted by Crippen LogP contribution is -2.45. The standard InChI is InChI=1S/C18H27N5OS/c1-13-7-8-17(24)23(21-13)11-10-22-9-5-4-6-16(22)12-19-18-20-14(2)15(3)25-18/h7-8,16H,4-6,9-12H2,1-3H3,(H,19,20). The lowest BCUT2D eigenvalue weighted by Gasteiger charge is -2.35. The van der Waals surface area contributed by atoms with Gasteiger partial charge in [0, 0.05) is 30.1 Å². The summed E-state index contributed by atoms with van der Waals surface area (Å²) in [6.07, 6.45) is 3.68. The summed E-state index contributed by atoms with van der Waals surface area (Å²) < 4.78 is 1.59. The van der Waals surface area contributed by atoms with Crippen LogP contribution in [0.5, 0.6) is 0 Å². The van der Waals surface area contributed by atoms with E-state index < -0.39 is 0 Å². The van der Waals surface area contributed by atoms with Gasteiger partial charge in [0.1, 0.15) is 0 Å². The van der Waals surface area contributed by atoms with Crippen molar-refractivity contribution in [2.45, 2.75) is 52.6 Å². The molecule has 0 aromatic carbocycles. The van der Waals surface area contributed by atoms with Gasteiger partial charge >= 0.3 is 0 Å². The largest absolute Gasteiger partial charge is 0.360 e. The molecular formula is C18H27N5OS. The molecule has 1 unspecified atom stereocenters. The first kappa shape index (κ1) is 18.1. The van der Waals surface area contributed by atoms with Gasteiger partial charge in [-0.1, -0.05) is 6.42 Å². The van der Waals surface area contributed by atoms with E-state index in [1.807, 2.05) is 6.92 Å². The molecular weight excluding hydrogens is 334 g/mol. The Morgan fingerprint density at radius 1 is 1.24 bits per heavy atom. The lowest BCUT2D eigenvalue weighted by molar-refractivity contribution is 0.148. The SMILES string of the molecule is Cc1ccc(=O)n(CCN2CCCCC2CNc2nc(C)c(C)s2)n1. The number of anilines is 1. The maximum absolute atomic E-state index is 11.9. The highest BCUT2D eigenvalue weighted by Gasteiger charge is 2.22. The van der Waals surface area contributed by atoms with Gasteiger partial charge in [-0.05, 0) is 46.2 Å². The molecule has 1 aliphatic heterocycles. The van der Waals surface area contributed by atoms with Crippen molar-refractivity contribution in [2.24, 2.45) is 0 Å². The number of hydrogen-bond acceptors (Lipinski definition) is 6. The third kappa shape index (κ3) is 4.67. The van der Waals surface area contributed by atoms with Crippen LogP contribution in [0, 0.1) is 20.8 Å². The number of hydrogen-bond donors (Lipinski definition) is 1. The molecule has 3 heterocycles. The van der Waals surface area contributed by atoms with E-state index in [2.05, 4.69) is 34.1 Å². The van der Waals surface area contributed by atoms with Gasteiger partial charge in [-0.3, -0.25) is 9.69 Å². The van der Waals surface area contributed by atoms with Gasteiger partial charge in [0.2, 0.25) is 0 Å². The summed E-state index contributed by atoms with van der Waals surface area (Å²) in [6.45, 7) is 9.58. The summed E-state index contributed by atoms with van der Waals surface area (Å²) in [4.78, 5) is 20.3. The first-order valence-electron chi connectivity index (χ1n) is 8.99. The molecule has 0 radical (unpaired) electrons. The number of piperidine rings is 1. The van der Waals surface area contributed by atoms with Gasteiger partial charge in [-0.15, -0.1) is 11.3 Å². The quantitative estimate of drug-likeness (QED) is 0.857. The number of likely N-dealkylation sites (tertiary alicyclic amines) is 1. The second-order valence-corrected chi connectivity index (χ2v) is 7.97. The van der Waals surface area contributed by atoms with Crippen molar-refractivity contribution in [1.82, 2.24) is 19.7 Å². The van der Waals surface area contributed by atoms with Gasteiger partial charge in [-0.2, -0.15) is 5.10 Å². The Balaban J connectivity index is 1.58. The third-order valence-electron chi connectivity index (χ3n) is 4.87. The molecule has 0 bridgehead atoms. The second kappa shape index (κ2) is 8.10. The van der Waals surface area contributed by atoms with Crippen LogP contribution in [0.3, 0.4) is 0 Å². The molecule has 0 spiro atoms. The summed E-state index contributed by atoms with van der Waals surface area (Å²) in [7, 11) is 0. The number of nitrogens with zero attached hydrogens (tertiary/aromatic N) is 4. The van der Waals surface area contributed by atoms with Crippen molar-refractivity contribution in [1.29, 1.82) is 0 Å². The summed E-state index contributed by atoms with van der Waals surface area (Å²) >= 11 is 1.72. The van der Waals surface area contributed by atoms with Crippen LogP contribution in [-0.2, 0) is 6.54 Å². The smallest absolute Gasteiger partial charge is 0.266 e. The summed E-state index contributed by atoms with van der Waals surface area (Å²) in [5, 5.41) is 8.86. The van der Waals surface area contributed by atoms with E-state index in [9.17, 15) is 4.79 Å². The highest BCUT2D eigenvalue weighted by Crippen LogP contribution is 2.23. The Morgan fingerprint density at radius 3 is 2.84 bits per heavy atom. The number of rotatable bonds is 6. The fourth-order valence-electron chi connectivity index (χ4n) is 3.27. The van der Waals surface area contributed by atoms with Crippen LogP contribution >= 0.6 is 11.3 Å². The number of aromatic nitrogens is 3. The van der Waals surface area contributed by atoms with Crippen molar-refractivity contribution < 1.29 is 0 Å². The second-order valence-electron chi connectivity index (χ2n) is 6.76. The van der Waals surface area contributed by atoms with Crippen LogP contribution in [-0.4, -0.2) is 45.3 Å². The predicted octanol–water partition coefficient (Wildman–Crippen LogP) is 2.59. The fourth-order valence-corrected chi connectivity index (χ4v) is 4.09. The molecule has 1 N–H and O–H groups in total. The van der Waals surface area contributed by atoms with Gasteiger partial charge < -0.3 is 5.32 Å². The third-order valence-corrected chi connectivity index (χ3v) is 5.90. The average molecular weight is 362 g/mol. The highest BCUT2D eigenvalue weighted by atomic mass is 32.1. The maximum atomic E-state index is 11.9. The van der Waals surface area contributed by atoms with Crippen LogP contribution in [0.4, 0.5) is 5.13 Å². The van der Waals surface area contributed by atoms with Crippen molar-refractivity contribution in [2.75, 3.05) is 25.0 Å². The normalized spacial score (nSPS) is 18.4. The van der Waals surface area contributed by atoms with E-state index in [1.54, 1.807) is 28.2 Å². The molecule has 2 aromatic heterocycles. The first-order valence-corrected chi connectivity index (χ1v) is 9.81. The molecule has 3 rings (SSSR count). The van der Waals surface area contributed by atoms with Crippen molar-refractivity contribution in [3.05, 3.63) is 38.8 Å². The van der Waals surface area contributed by atoms with Crippen LogP contribution in [0.25, 0.3) is 0 Å². The molecule has 1 aliphatic rings. The zero-order valence-corrected chi connectivity index (χ0v) is 16.1. The summed E-state index contributed by atoms with van der Waals surface area (Å²) in [5.74, 6) is 0. The molecule has 0 aliphatic carbocycles. The molecule has 2 aromatic rings. The van der Waals surface area contributed by atoms with Crippen LogP contribution in [0.1, 0.15) is 35.5 Å². The van der Waals surface area contributed by atoms with E-state index in [4.69, 9.17) is 0 Å². The Hall–Kier alpha value is -1.73. The van der Waals surface area contributed by atoms with E-state index in [0.717, 1.165) is 36.2 Å². The van der Waals surface area contributed by atoms with E-state index in [-0.39, 0.29) is 5.56 Å². The van der Waals surface area contributed by atoms with E-state index in [1.165, 1.54) is 24.1 Å². The van der Waals surface area contributed by atoms with Gasteiger partial charge in [0.15, 0.2) is 5.13 Å². The average Bonchev–Trinajstić information content (AvgIpc) is 2.92. The summed E-state index contributed by atoms with van der Waals surface area (Å²) in [6, 6.07) is 3.86. The van der Waals surface area contributed by atoms with Crippen LogP contribution < -0.4 is 10.9 Å². The Kier molecular flexibility index (Phi) is 5.86. The van der Waals surface area contributed by atoms with E-state index >= 15 is 0 Å². The molecule has 0 saturated carbocycles. The van der Waals surface area contributed by atoms with Crippen LogP contribution in [0.15, 0.2) is 16.9 Å². The summed E-state index contributed by atoms with van der Waals surface area (Å²) in [5.41, 5.74) is 1.97. The van der Waals surface area contributed by atoms with Crippen molar-refractivity contribution in [3.8, 4) is 0 Å². The minimum Gasteiger partial charge on any atom is -0.360 e. The molecule has 0 amide bonds. The highest BCUT2D eigenvalue weighted by molar-refractivity contribution is 7.15. The molecule has 1 saturated heterocycles. The molecule has 25 heavy (non-hydrogen) atoms. The molecule has 136 valence electrons. The Morgan fingerprint density at radius 2 is 2.08 bits per heavy atom. The molecule has 7 heteroatoms. The zero-order chi connectivity index (χ0) is 17.8. The van der Waals surface area contributed by atoms with Crippen molar-refractivity contribution in [3.63, 3.8) is 0 Å². The number of aryl methyl sites for hydroxylation is 3. The molecule has 1 fully saturated rings. The fraction of sp³-hybridized carbons (Fsp3) is 0.611. The van der Waals surface area contributed by atoms with Gasteiger partial charge in [0.05, 0.1) is 17.9 Å². The minimum absolute atomic E-state index is 0.0222. The first-order chi connectivity index (χ1) is 12.0. The predicted molar refractivity (Wildman–Crippen MR) is 103 cm³/mol. The lowest BCUT2D eigenvalue weighted by atomic mass is 10.0. The Bertz CT molecular complexity index is 750. The molecule has 1 atom stereocenters. The number of nitrogens with one attached hydrogen (secondary N) is 1. The Labute approximate surface area is 152 Å². The van der Waals surface area contributed by atoms with E-state index in [0.29, 0.717) is 12.6 Å². The maximum Gasteiger partial charge on any atom is 0.266 e. The van der Waals surface area contributed by atoms with Crippen LogP contribution in [0.2, 0.25) is 0 Å².